The highest BCUT2D eigenvalue weighted by Gasteiger charge is 2.15. The zero-order valence-electron chi connectivity index (χ0n) is 14.9. The van der Waals surface area contributed by atoms with Crippen LogP contribution in [-0.4, -0.2) is 5.91 Å². The number of amides is 1. The highest BCUT2D eigenvalue weighted by molar-refractivity contribution is 6.01. The lowest BCUT2D eigenvalue weighted by Crippen LogP contribution is -2.10. The van der Waals surface area contributed by atoms with Gasteiger partial charge in [0.05, 0.1) is 11.4 Å². The molecular weight excluding hydrogens is 296 g/mol. The summed E-state index contributed by atoms with van der Waals surface area (Å²) >= 11 is 0. The number of nitrogens with two attached hydrogens (primary N) is 1. The van der Waals surface area contributed by atoms with Crippen LogP contribution < -0.4 is 11.1 Å². The summed E-state index contributed by atoms with van der Waals surface area (Å²) in [5.41, 5.74) is 8.19. The van der Waals surface area contributed by atoms with Gasteiger partial charge in [0.15, 0.2) is 0 Å². The van der Waals surface area contributed by atoms with Gasteiger partial charge >= 0.3 is 0 Å². The van der Waals surface area contributed by atoms with Crippen molar-refractivity contribution in [1.29, 1.82) is 0 Å². The van der Waals surface area contributed by atoms with E-state index in [0.717, 1.165) is 11.5 Å². The van der Waals surface area contributed by atoms with Crippen LogP contribution >= 0.6 is 0 Å². The average molecular weight is 326 g/mol. The third-order valence-corrected chi connectivity index (χ3v) is 4.69. The zero-order valence-corrected chi connectivity index (χ0v) is 14.9. The second kappa shape index (κ2) is 9.31. The SMILES string of the molecule is CC(C=CC(=O)Nc1ccccc1N)=CC(C)CC1CCCCC1. The van der Waals surface area contributed by atoms with Crippen molar-refractivity contribution in [2.24, 2.45) is 11.8 Å². The molecule has 0 radical (unpaired) electrons. The van der Waals surface area contributed by atoms with E-state index in [-0.39, 0.29) is 5.91 Å². The molecule has 1 amide bonds. The maximum Gasteiger partial charge on any atom is 0.248 e. The van der Waals surface area contributed by atoms with Crippen LogP contribution in [0.15, 0.2) is 48.1 Å². The number of carbonyl (C=O) groups is 1. The molecule has 1 aliphatic rings. The summed E-state index contributed by atoms with van der Waals surface area (Å²) in [6, 6.07) is 7.28. The standard InChI is InChI=1S/C21H30N2O/c1-16(14-17(2)15-18-8-4-3-5-9-18)12-13-21(24)23-20-11-7-6-10-19(20)22/h6-7,10-14,17-18H,3-5,8-9,15,22H2,1-2H3,(H,23,24). The summed E-state index contributed by atoms with van der Waals surface area (Å²) in [6.07, 6.45) is 13.9. The van der Waals surface area contributed by atoms with Crippen LogP contribution in [0.25, 0.3) is 0 Å². The first kappa shape index (κ1) is 18.3. The maximum absolute atomic E-state index is 12.0. The number of nitrogen functional groups attached to an aromatic ring is 1. The fraction of sp³-hybridized carbons (Fsp3) is 0.476. The summed E-state index contributed by atoms with van der Waals surface area (Å²) in [6.45, 7) is 4.33. The van der Waals surface area contributed by atoms with E-state index in [1.54, 1.807) is 18.2 Å². The predicted molar refractivity (Wildman–Crippen MR) is 103 cm³/mol. The van der Waals surface area contributed by atoms with Crippen molar-refractivity contribution in [2.45, 2.75) is 52.4 Å². The molecule has 24 heavy (non-hydrogen) atoms. The molecule has 3 nitrogen and oxygen atoms in total. The maximum atomic E-state index is 12.0. The lowest BCUT2D eigenvalue weighted by Gasteiger charge is -2.23. The smallest absolute Gasteiger partial charge is 0.248 e. The molecule has 0 bridgehead atoms. The van der Waals surface area contributed by atoms with Gasteiger partial charge in [-0.25, -0.2) is 0 Å². The molecule has 1 aromatic rings. The number of para-hydroxylation sites is 2. The predicted octanol–water partition coefficient (Wildman–Crippen LogP) is 5.32. The topological polar surface area (TPSA) is 55.1 Å². The molecule has 0 aromatic heterocycles. The van der Waals surface area contributed by atoms with Crippen molar-refractivity contribution in [3.8, 4) is 0 Å². The molecule has 2 rings (SSSR count). The third-order valence-electron chi connectivity index (χ3n) is 4.69. The first-order chi connectivity index (χ1) is 11.5. The van der Waals surface area contributed by atoms with Gasteiger partial charge in [-0.2, -0.15) is 0 Å². The van der Waals surface area contributed by atoms with Gasteiger partial charge in [0.2, 0.25) is 5.91 Å². The van der Waals surface area contributed by atoms with Crippen LogP contribution in [0.2, 0.25) is 0 Å². The van der Waals surface area contributed by atoms with Crippen LogP contribution in [0.4, 0.5) is 11.4 Å². The Hall–Kier alpha value is -2.03. The van der Waals surface area contributed by atoms with Gasteiger partial charge in [-0.05, 0) is 37.3 Å². The molecule has 1 fully saturated rings. The van der Waals surface area contributed by atoms with Crippen molar-refractivity contribution in [1.82, 2.24) is 0 Å². The Morgan fingerprint density at radius 2 is 1.96 bits per heavy atom. The lowest BCUT2D eigenvalue weighted by molar-refractivity contribution is -0.111. The van der Waals surface area contributed by atoms with E-state index in [0.29, 0.717) is 17.3 Å². The number of rotatable bonds is 6. The first-order valence-corrected chi connectivity index (χ1v) is 9.06. The Morgan fingerprint density at radius 1 is 1.25 bits per heavy atom. The van der Waals surface area contributed by atoms with E-state index < -0.39 is 0 Å². The molecule has 1 atom stereocenters. The summed E-state index contributed by atoms with van der Waals surface area (Å²) in [5.74, 6) is 1.29. The molecule has 0 saturated heterocycles. The minimum atomic E-state index is -0.152. The lowest BCUT2D eigenvalue weighted by atomic mass is 9.83. The van der Waals surface area contributed by atoms with Crippen LogP contribution in [0.5, 0.6) is 0 Å². The van der Waals surface area contributed by atoms with Gasteiger partial charge in [0.1, 0.15) is 0 Å². The summed E-state index contributed by atoms with van der Waals surface area (Å²) < 4.78 is 0. The number of hydrogen-bond donors (Lipinski definition) is 2. The Balaban J connectivity index is 1.83. The van der Waals surface area contributed by atoms with Crippen molar-refractivity contribution < 1.29 is 4.79 Å². The van der Waals surface area contributed by atoms with Crippen molar-refractivity contribution in [3.05, 3.63) is 48.1 Å². The Bertz CT molecular complexity index is 598. The molecule has 3 heteroatoms. The minimum Gasteiger partial charge on any atom is -0.397 e. The number of nitrogens with one attached hydrogen (secondary N) is 1. The largest absolute Gasteiger partial charge is 0.397 e. The number of hydrogen-bond acceptors (Lipinski definition) is 2. The van der Waals surface area contributed by atoms with Crippen molar-refractivity contribution in [3.63, 3.8) is 0 Å². The van der Waals surface area contributed by atoms with Gasteiger partial charge in [0.25, 0.3) is 0 Å². The highest BCUT2D eigenvalue weighted by atomic mass is 16.1. The van der Waals surface area contributed by atoms with E-state index in [2.05, 4.69) is 25.2 Å². The molecule has 1 unspecified atom stereocenters. The molecule has 1 saturated carbocycles. The number of carbonyl (C=O) groups excluding carboxylic acids is 1. The summed E-state index contributed by atoms with van der Waals surface area (Å²) in [7, 11) is 0. The van der Waals surface area contributed by atoms with Gasteiger partial charge < -0.3 is 11.1 Å². The monoisotopic (exact) mass is 326 g/mol. The van der Waals surface area contributed by atoms with Gasteiger partial charge in [-0.3, -0.25) is 4.79 Å². The molecule has 130 valence electrons. The number of anilines is 2. The molecule has 0 spiro atoms. The quantitative estimate of drug-likeness (QED) is 0.422. The van der Waals surface area contributed by atoms with Gasteiger partial charge in [0, 0.05) is 6.08 Å². The number of allylic oxidation sites excluding steroid dienone is 3. The second-order valence-corrected chi connectivity index (χ2v) is 7.04. The fourth-order valence-electron chi connectivity index (χ4n) is 3.51. The molecule has 1 aromatic carbocycles. The Labute approximate surface area is 146 Å². The van der Waals surface area contributed by atoms with Crippen LogP contribution in [0.3, 0.4) is 0 Å². The van der Waals surface area contributed by atoms with Crippen molar-refractivity contribution >= 4 is 17.3 Å². The molecule has 1 aliphatic carbocycles. The second-order valence-electron chi connectivity index (χ2n) is 7.04. The normalized spacial score (nSPS) is 17.8. The van der Waals surface area contributed by atoms with E-state index in [1.165, 1.54) is 38.5 Å². The highest BCUT2D eigenvalue weighted by Crippen LogP contribution is 2.29. The van der Waals surface area contributed by atoms with Gasteiger partial charge in [-0.15, -0.1) is 0 Å². The summed E-state index contributed by atoms with van der Waals surface area (Å²) in [5, 5.41) is 2.81. The van der Waals surface area contributed by atoms with Crippen molar-refractivity contribution in [2.75, 3.05) is 11.1 Å². The van der Waals surface area contributed by atoms with E-state index >= 15 is 0 Å². The molecule has 0 aliphatic heterocycles. The molecular formula is C21H30N2O. The van der Waals surface area contributed by atoms with Crippen LogP contribution in [0.1, 0.15) is 52.4 Å². The zero-order chi connectivity index (χ0) is 17.4. The van der Waals surface area contributed by atoms with Crippen LogP contribution in [-0.2, 0) is 4.79 Å². The van der Waals surface area contributed by atoms with Crippen LogP contribution in [0, 0.1) is 11.8 Å². The Kier molecular flexibility index (Phi) is 7.10. The molecule has 0 heterocycles. The Morgan fingerprint density at radius 3 is 2.67 bits per heavy atom. The third kappa shape index (κ3) is 6.23. The number of benzene rings is 1. The minimum absolute atomic E-state index is 0.152. The van der Waals surface area contributed by atoms with Gasteiger partial charge in [-0.1, -0.05) is 68.9 Å². The summed E-state index contributed by atoms with van der Waals surface area (Å²) in [4.78, 5) is 12.0. The van der Waals surface area contributed by atoms with E-state index in [1.807, 2.05) is 18.2 Å². The molecule has 3 N–H and O–H groups in total. The first-order valence-electron chi connectivity index (χ1n) is 9.06. The average Bonchev–Trinajstić information content (AvgIpc) is 2.56. The van der Waals surface area contributed by atoms with E-state index in [9.17, 15) is 4.79 Å². The van der Waals surface area contributed by atoms with E-state index in [4.69, 9.17) is 5.73 Å². The fourth-order valence-corrected chi connectivity index (χ4v) is 3.51.